The van der Waals surface area contributed by atoms with Gasteiger partial charge in [-0.3, -0.25) is 4.79 Å². The van der Waals surface area contributed by atoms with Crippen molar-refractivity contribution in [2.45, 2.75) is 0 Å². The van der Waals surface area contributed by atoms with Crippen LogP contribution in [0.2, 0.25) is 0 Å². The molecular weight excluding hydrogens is 195 g/mol. The van der Waals surface area contributed by atoms with Gasteiger partial charge in [0.1, 0.15) is 11.6 Å². The SMILES string of the molecule is Cn1ccnc1-c1cc(F)ccc1C=O. The highest BCUT2D eigenvalue weighted by atomic mass is 19.1. The maximum atomic E-state index is 13.1. The van der Waals surface area contributed by atoms with E-state index in [-0.39, 0.29) is 5.82 Å². The number of aromatic nitrogens is 2. The van der Waals surface area contributed by atoms with Gasteiger partial charge in [0.15, 0.2) is 6.29 Å². The van der Waals surface area contributed by atoms with E-state index in [4.69, 9.17) is 0 Å². The van der Waals surface area contributed by atoms with Crippen molar-refractivity contribution < 1.29 is 9.18 Å². The molecule has 1 aromatic heterocycles. The quantitative estimate of drug-likeness (QED) is 0.701. The van der Waals surface area contributed by atoms with E-state index in [2.05, 4.69) is 4.98 Å². The van der Waals surface area contributed by atoms with Gasteiger partial charge >= 0.3 is 0 Å². The van der Waals surface area contributed by atoms with E-state index in [1.165, 1.54) is 18.2 Å². The van der Waals surface area contributed by atoms with E-state index in [1.54, 1.807) is 24.0 Å². The van der Waals surface area contributed by atoms with Crippen molar-refractivity contribution in [3.05, 3.63) is 42.0 Å². The molecule has 0 bridgehead atoms. The first-order chi connectivity index (χ1) is 7.22. The summed E-state index contributed by atoms with van der Waals surface area (Å²) < 4.78 is 14.8. The highest BCUT2D eigenvalue weighted by molar-refractivity contribution is 5.85. The minimum absolute atomic E-state index is 0.376. The highest BCUT2D eigenvalue weighted by Crippen LogP contribution is 2.21. The fraction of sp³-hybridized carbons (Fsp3) is 0.0909. The predicted molar refractivity (Wildman–Crippen MR) is 54.0 cm³/mol. The second-order valence-electron chi connectivity index (χ2n) is 3.21. The third-order valence-corrected chi connectivity index (χ3v) is 2.20. The Labute approximate surface area is 86.2 Å². The predicted octanol–water partition coefficient (Wildman–Crippen LogP) is 2.04. The summed E-state index contributed by atoms with van der Waals surface area (Å²) >= 11 is 0. The van der Waals surface area contributed by atoms with Crippen LogP contribution in [0.1, 0.15) is 10.4 Å². The van der Waals surface area contributed by atoms with Crippen LogP contribution in [-0.4, -0.2) is 15.8 Å². The first-order valence-corrected chi connectivity index (χ1v) is 4.45. The van der Waals surface area contributed by atoms with E-state index in [0.29, 0.717) is 23.2 Å². The zero-order valence-corrected chi connectivity index (χ0v) is 8.14. The Hall–Kier alpha value is -1.97. The number of halogens is 1. The summed E-state index contributed by atoms with van der Waals surface area (Å²) in [7, 11) is 1.79. The maximum absolute atomic E-state index is 13.1. The number of rotatable bonds is 2. The smallest absolute Gasteiger partial charge is 0.150 e. The number of imidazole rings is 1. The normalized spacial score (nSPS) is 10.3. The molecule has 0 N–H and O–H groups in total. The van der Waals surface area contributed by atoms with Crippen LogP contribution in [0.25, 0.3) is 11.4 Å². The Morgan fingerprint density at radius 2 is 2.27 bits per heavy atom. The molecule has 4 heteroatoms. The lowest BCUT2D eigenvalue weighted by molar-refractivity contribution is 0.112. The molecule has 0 spiro atoms. The van der Waals surface area contributed by atoms with E-state index in [1.807, 2.05) is 0 Å². The fourth-order valence-corrected chi connectivity index (χ4v) is 1.45. The fourth-order valence-electron chi connectivity index (χ4n) is 1.45. The number of nitrogens with zero attached hydrogens (tertiary/aromatic N) is 2. The molecule has 0 saturated heterocycles. The number of aldehydes is 1. The number of hydrogen-bond donors (Lipinski definition) is 0. The Kier molecular flexibility index (Phi) is 2.33. The minimum Gasteiger partial charge on any atom is -0.334 e. The summed E-state index contributed by atoms with van der Waals surface area (Å²) in [6.07, 6.45) is 4.05. The van der Waals surface area contributed by atoms with Gasteiger partial charge in [-0.15, -0.1) is 0 Å². The topological polar surface area (TPSA) is 34.9 Å². The summed E-state index contributed by atoms with van der Waals surface area (Å²) in [6.45, 7) is 0. The molecule has 0 aliphatic rings. The molecule has 0 saturated carbocycles. The summed E-state index contributed by atoms with van der Waals surface area (Å²) in [5.74, 6) is 0.204. The molecule has 1 heterocycles. The van der Waals surface area contributed by atoms with Gasteiger partial charge in [0.05, 0.1) is 0 Å². The van der Waals surface area contributed by atoms with Gasteiger partial charge in [0.25, 0.3) is 0 Å². The van der Waals surface area contributed by atoms with Gasteiger partial charge in [-0.2, -0.15) is 0 Å². The summed E-state index contributed by atoms with van der Waals surface area (Å²) in [4.78, 5) is 14.9. The third kappa shape index (κ3) is 1.66. The largest absolute Gasteiger partial charge is 0.334 e. The molecule has 76 valence electrons. The monoisotopic (exact) mass is 204 g/mol. The zero-order chi connectivity index (χ0) is 10.8. The number of benzene rings is 1. The average molecular weight is 204 g/mol. The average Bonchev–Trinajstić information content (AvgIpc) is 2.64. The van der Waals surface area contributed by atoms with Crippen LogP contribution in [0.5, 0.6) is 0 Å². The maximum Gasteiger partial charge on any atom is 0.150 e. The Morgan fingerprint density at radius 3 is 2.87 bits per heavy atom. The zero-order valence-electron chi connectivity index (χ0n) is 8.14. The molecule has 0 aliphatic carbocycles. The molecule has 0 aliphatic heterocycles. The van der Waals surface area contributed by atoms with Crippen LogP contribution < -0.4 is 0 Å². The molecule has 2 aromatic rings. The second-order valence-corrected chi connectivity index (χ2v) is 3.21. The van der Waals surface area contributed by atoms with E-state index >= 15 is 0 Å². The van der Waals surface area contributed by atoms with Crippen molar-refractivity contribution in [1.82, 2.24) is 9.55 Å². The Bertz CT molecular complexity index is 505. The Morgan fingerprint density at radius 1 is 1.47 bits per heavy atom. The molecular formula is C11H9FN2O. The van der Waals surface area contributed by atoms with Gasteiger partial charge in [0, 0.05) is 30.6 Å². The summed E-state index contributed by atoms with van der Waals surface area (Å²) in [5, 5.41) is 0. The Balaban J connectivity index is 2.65. The lowest BCUT2D eigenvalue weighted by Gasteiger charge is -2.04. The van der Waals surface area contributed by atoms with Crippen molar-refractivity contribution in [3.8, 4) is 11.4 Å². The number of aryl methyl sites for hydroxylation is 1. The summed E-state index contributed by atoms with van der Waals surface area (Å²) in [6, 6.07) is 4.02. The van der Waals surface area contributed by atoms with Gasteiger partial charge in [0.2, 0.25) is 0 Å². The molecule has 0 amide bonds. The molecule has 0 fully saturated rings. The third-order valence-electron chi connectivity index (χ3n) is 2.20. The van der Waals surface area contributed by atoms with Crippen molar-refractivity contribution in [2.24, 2.45) is 7.05 Å². The number of hydrogen-bond acceptors (Lipinski definition) is 2. The first kappa shape index (κ1) is 9.58. The van der Waals surface area contributed by atoms with Crippen molar-refractivity contribution in [3.63, 3.8) is 0 Å². The molecule has 0 atom stereocenters. The van der Waals surface area contributed by atoms with Gasteiger partial charge < -0.3 is 4.57 Å². The van der Waals surface area contributed by atoms with E-state index in [9.17, 15) is 9.18 Å². The standard InChI is InChI=1S/C11H9FN2O/c1-14-5-4-13-11(14)10-6-9(12)3-2-8(10)7-15/h2-7H,1H3. The summed E-state index contributed by atoms with van der Waals surface area (Å²) in [5.41, 5.74) is 0.947. The molecule has 1 aromatic carbocycles. The van der Waals surface area contributed by atoms with Gasteiger partial charge in [-0.05, 0) is 18.2 Å². The van der Waals surface area contributed by atoms with Crippen molar-refractivity contribution in [2.75, 3.05) is 0 Å². The lowest BCUT2D eigenvalue weighted by Crippen LogP contribution is -1.96. The lowest BCUT2D eigenvalue weighted by atomic mass is 10.1. The van der Waals surface area contributed by atoms with Crippen LogP contribution in [0.4, 0.5) is 4.39 Å². The van der Waals surface area contributed by atoms with Crippen molar-refractivity contribution in [1.29, 1.82) is 0 Å². The molecule has 0 radical (unpaired) electrons. The van der Waals surface area contributed by atoms with Crippen LogP contribution in [-0.2, 0) is 7.05 Å². The second kappa shape index (κ2) is 3.65. The van der Waals surface area contributed by atoms with Gasteiger partial charge in [-0.25, -0.2) is 9.37 Å². The van der Waals surface area contributed by atoms with Gasteiger partial charge in [-0.1, -0.05) is 0 Å². The number of carbonyl (C=O) groups excluding carboxylic acids is 1. The highest BCUT2D eigenvalue weighted by Gasteiger charge is 2.09. The minimum atomic E-state index is -0.376. The van der Waals surface area contributed by atoms with E-state index < -0.39 is 0 Å². The van der Waals surface area contributed by atoms with Crippen LogP contribution in [0.3, 0.4) is 0 Å². The van der Waals surface area contributed by atoms with Crippen LogP contribution in [0.15, 0.2) is 30.6 Å². The molecule has 0 unspecified atom stereocenters. The van der Waals surface area contributed by atoms with Crippen molar-refractivity contribution >= 4 is 6.29 Å². The van der Waals surface area contributed by atoms with E-state index in [0.717, 1.165) is 0 Å². The van der Waals surface area contributed by atoms with Crippen LogP contribution >= 0.6 is 0 Å². The molecule has 3 nitrogen and oxygen atoms in total. The number of carbonyl (C=O) groups is 1. The molecule has 2 rings (SSSR count). The first-order valence-electron chi connectivity index (χ1n) is 4.45. The molecule has 15 heavy (non-hydrogen) atoms. The van der Waals surface area contributed by atoms with Crippen LogP contribution in [0, 0.1) is 5.82 Å².